The molecule has 3 rings (SSSR count). The minimum atomic E-state index is 0.310. The molecule has 1 unspecified atom stereocenters. The van der Waals surface area contributed by atoms with Gasteiger partial charge in [-0.25, -0.2) is 0 Å². The summed E-state index contributed by atoms with van der Waals surface area (Å²) in [5.74, 6) is 0. The fourth-order valence-electron chi connectivity index (χ4n) is 2.99. The Morgan fingerprint density at radius 2 is 2.40 bits per heavy atom. The normalized spacial score (nSPS) is 26.6. The molecule has 1 aliphatic heterocycles. The van der Waals surface area contributed by atoms with Crippen molar-refractivity contribution in [1.82, 2.24) is 10.2 Å². The van der Waals surface area contributed by atoms with E-state index < -0.39 is 0 Å². The zero-order valence-corrected chi connectivity index (χ0v) is 14.4. The fourth-order valence-corrected chi connectivity index (χ4v) is 4.19. The standard InChI is InChI=1S/C15H23BrN2OS/c1-18(7-12-6-14(16)20-8-12)10-15(4-5-19-11-15)9-17-13-2-3-13/h6,8,13,17H,2-5,7,9-11H2,1H3. The van der Waals surface area contributed by atoms with E-state index in [9.17, 15) is 0 Å². The maximum absolute atomic E-state index is 5.70. The zero-order chi connectivity index (χ0) is 14.0. The molecule has 1 aliphatic carbocycles. The molecule has 1 N–H and O–H groups in total. The quantitative estimate of drug-likeness (QED) is 0.810. The minimum absolute atomic E-state index is 0.310. The minimum Gasteiger partial charge on any atom is -0.381 e. The van der Waals surface area contributed by atoms with Crippen molar-refractivity contribution in [3.63, 3.8) is 0 Å². The Kier molecular flexibility index (Phi) is 4.82. The Balaban J connectivity index is 1.54. The van der Waals surface area contributed by atoms with Gasteiger partial charge in [-0.05, 0) is 59.2 Å². The van der Waals surface area contributed by atoms with Gasteiger partial charge in [-0.1, -0.05) is 0 Å². The summed E-state index contributed by atoms with van der Waals surface area (Å²) in [6, 6.07) is 3.01. The second-order valence-corrected chi connectivity index (χ2v) is 8.68. The summed E-state index contributed by atoms with van der Waals surface area (Å²) in [5.41, 5.74) is 1.71. The summed E-state index contributed by atoms with van der Waals surface area (Å²) in [6.45, 7) is 5.07. The SMILES string of the molecule is CN(Cc1csc(Br)c1)CC1(CNC2CC2)CCOC1. The molecule has 0 bridgehead atoms. The number of hydrogen-bond acceptors (Lipinski definition) is 4. The number of halogens is 1. The first-order valence-electron chi connectivity index (χ1n) is 7.38. The monoisotopic (exact) mass is 358 g/mol. The number of nitrogens with zero attached hydrogens (tertiary/aromatic N) is 1. The molecule has 2 aliphatic rings. The van der Waals surface area contributed by atoms with E-state index in [0.29, 0.717) is 5.41 Å². The van der Waals surface area contributed by atoms with Gasteiger partial charge in [0.25, 0.3) is 0 Å². The molecule has 3 nitrogen and oxygen atoms in total. The van der Waals surface area contributed by atoms with E-state index in [1.807, 2.05) is 0 Å². The number of rotatable bonds is 7. The van der Waals surface area contributed by atoms with Gasteiger partial charge in [-0.3, -0.25) is 0 Å². The predicted octanol–water partition coefficient (Wildman–Crippen LogP) is 3.10. The predicted molar refractivity (Wildman–Crippen MR) is 87.2 cm³/mol. The lowest BCUT2D eigenvalue weighted by Crippen LogP contribution is -2.44. The van der Waals surface area contributed by atoms with E-state index in [1.165, 1.54) is 28.6 Å². The number of thiophene rings is 1. The van der Waals surface area contributed by atoms with E-state index in [4.69, 9.17) is 4.74 Å². The molecule has 1 saturated heterocycles. The van der Waals surface area contributed by atoms with Crippen LogP contribution in [-0.2, 0) is 11.3 Å². The van der Waals surface area contributed by atoms with Crippen molar-refractivity contribution in [2.24, 2.45) is 5.41 Å². The van der Waals surface area contributed by atoms with Crippen molar-refractivity contribution >= 4 is 27.3 Å². The lowest BCUT2D eigenvalue weighted by molar-refractivity contribution is 0.116. The lowest BCUT2D eigenvalue weighted by Gasteiger charge is -2.32. The number of nitrogens with one attached hydrogen (secondary N) is 1. The molecule has 2 heterocycles. The summed E-state index contributed by atoms with van der Waals surface area (Å²) in [7, 11) is 2.22. The van der Waals surface area contributed by atoms with Crippen molar-refractivity contribution in [2.75, 3.05) is 33.4 Å². The van der Waals surface area contributed by atoms with E-state index in [2.05, 4.69) is 44.6 Å². The van der Waals surface area contributed by atoms with Crippen LogP contribution in [0.15, 0.2) is 15.2 Å². The van der Waals surface area contributed by atoms with Crippen LogP contribution in [0.1, 0.15) is 24.8 Å². The number of hydrogen-bond donors (Lipinski definition) is 1. The Morgan fingerprint density at radius 1 is 1.55 bits per heavy atom. The average molecular weight is 359 g/mol. The van der Waals surface area contributed by atoms with Crippen molar-refractivity contribution < 1.29 is 4.74 Å². The molecular weight excluding hydrogens is 336 g/mol. The van der Waals surface area contributed by atoms with Crippen molar-refractivity contribution in [3.05, 3.63) is 20.8 Å². The fraction of sp³-hybridized carbons (Fsp3) is 0.733. The maximum atomic E-state index is 5.70. The van der Waals surface area contributed by atoms with E-state index in [1.54, 1.807) is 11.3 Å². The van der Waals surface area contributed by atoms with Crippen molar-refractivity contribution in [3.8, 4) is 0 Å². The molecule has 1 aromatic rings. The number of ether oxygens (including phenoxy) is 1. The van der Waals surface area contributed by atoms with E-state index in [0.717, 1.165) is 38.9 Å². The van der Waals surface area contributed by atoms with Gasteiger partial charge in [0, 0.05) is 37.7 Å². The van der Waals surface area contributed by atoms with Crippen LogP contribution in [0.25, 0.3) is 0 Å². The Bertz CT molecular complexity index is 441. The molecule has 1 aromatic heterocycles. The molecule has 2 fully saturated rings. The Labute approximate surface area is 133 Å². The molecule has 5 heteroatoms. The van der Waals surface area contributed by atoms with Crippen LogP contribution in [0.4, 0.5) is 0 Å². The van der Waals surface area contributed by atoms with Gasteiger partial charge in [-0.2, -0.15) is 0 Å². The van der Waals surface area contributed by atoms with Crippen LogP contribution in [-0.4, -0.2) is 44.3 Å². The first kappa shape index (κ1) is 15.0. The van der Waals surface area contributed by atoms with E-state index in [-0.39, 0.29) is 0 Å². The molecule has 112 valence electrons. The molecule has 1 atom stereocenters. The third-order valence-electron chi connectivity index (χ3n) is 4.21. The van der Waals surface area contributed by atoms with Gasteiger partial charge in [0.2, 0.25) is 0 Å². The highest BCUT2D eigenvalue weighted by Crippen LogP contribution is 2.31. The largest absolute Gasteiger partial charge is 0.381 e. The molecule has 0 spiro atoms. The maximum Gasteiger partial charge on any atom is 0.0701 e. The van der Waals surface area contributed by atoms with Gasteiger partial charge in [-0.15, -0.1) is 11.3 Å². The van der Waals surface area contributed by atoms with Crippen LogP contribution in [0.3, 0.4) is 0 Å². The highest BCUT2D eigenvalue weighted by molar-refractivity contribution is 9.11. The average Bonchev–Trinajstić information content (AvgIpc) is 3.00. The van der Waals surface area contributed by atoms with Gasteiger partial charge in [0.05, 0.1) is 10.4 Å². The summed E-state index contributed by atoms with van der Waals surface area (Å²) in [4.78, 5) is 2.44. The van der Waals surface area contributed by atoms with Gasteiger partial charge in [0.1, 0.15) is 0 Å². The highest BCUT2D eigenvalue weighted by atomic mass is 79.9. The van der Waals surface area contributed by atoms with Gasteiger partial charge in [0.15, 0.2) is 0 Å². The second kappa shape index (κ2) is 6.44. The zero-order valence-electron chi connectivity index (χ0n) is 12.0. The molecule has 20 heavy (non-hydrogen) atoms. The highest BCUT2D eigenvalue weighted by Gasteiger charge is 2.37. The summed E-state index contributed by atoms with van der Waals surface area (Å²) in [5, 5.41) is 5.94. The topological polar surface area (TPSA) is 24.5 Å². The van der Waals surface area contributed by atoms with Crippen molar-refractivity contribution in [2.45, 2.75) is 31.8 Å². The Hall–Kier alpha value is 0.0600. The molecule has 1 saturated carbocycles. The third-order valence-corrected chi connectivity index (χ3v) is 5.76. The summed E-state index contributed by atoms with van der Waals surface area (Å²) >= 11 is 5.30. The molecule has 0 aromatic carbocycles. The molecule has 0 radical (unpaired) electrons. The van der Waals surface area contributed by atoms with Gasteiger partial charge < -0.3 is 15.0 Å². The first-order valence-corrected chi connectivity index (χ1v) is 9.05. The second-order valence-electron chi connectivity index (χ2n) is 6.39. The third kappa shape index (κ3) is 4.04. The first-order chi connectivity index (χ1) is 9.65. The van der Waals surface area contributed by atoms with Crippen LogP contribution in [0.5, 0.6) is 0 Å². The summed E-state index contributed by atoms with van der Waals surface area (Å²) < 4.78 is 6.91. The summed E-state index contributed by atoms with van der Waals surface area (Å²) in [6.07, 6.45) is 3.90. The van der Waals surface area contributed by atoms with Crippen LogP contribution < -0.4 is 5.32 Å². The lowest BCUT2D eigenvalue weighted by atomic mass is 9.86. The molecule has 0 amide bonds. The van der Waals surface area contributed by atoms with Crippen molar-refractivity contribution in [1.29, 1.82) is 0 Å². The van der Waals surface area contributed by atoms with Crippen LogP contribution in [0.2, 0.25) is 0 Å². The van der Waals surface area contributed by atoms with Crippen LogP contribution in [0, 0.1) is 5.41 Å². The van der Waals surface area contributed by atoms with Crippen LogP contribution >= 0.6 is 27.3 Å². The Morgan fingerprint density at radius 3 is 3.00 bits per heavy atom. The van der Waals surface area contributed by atoms with E-state index >= 15 is 0 Å². The van der Waals surface area contributed by atoms with Gasteiger partial charge >= 0.3 is 0 Å². The smallest absolute Gasteiger partial charge is 0.0701 e. The molecular formula is C15H23BrN2OS.